The van der Waals surface area contributed by atoms with Gasteiger partial charge in [0.05, 0.1) is 6.10 Å². The van der Waals surface area contributed by atoms with E-state index in [1.54, 1.807) is 0 Å². The Hall–Kier alpha value is -0.370. The van der Waals surface area contributed by atoms with Crippen LogP contribution < -0.4 is 0 Å². The largest absolute Gasteiger partial charge is 0.393 e. The first-order valence-corrected chi connectivity index (χ1v) is 9.20. The van der Waals surface area contributed by atoms with Gasteiger partial charge in [0.15, 0.2) is 0 Å². The van der Waals surface area contributed by atoms with Crippen LogP contribution >= 0.6 is 0 Å². The predicted octanol–water partition coefficient (Wildman–Crippen LogP) is 3.82. The van der Waals surface area contributed by atoms with Crippen molar-refractivity contribution in [3.63, 3.8) is 0 Å². The molecule has 0 spiro atoms. The van der Waals surface area contributed by atoms with Crippen molar-refractivity contribution >= 4 is 5.78 Å². The van der Waals surface area contributed by atoms with Crippen molar-refractivity contribution in [3.8, 4) is 0 Å². The number of hydrogen-bond donors (Lipinski definition) is 1. The molecular formula is C19H30O2. The van der Waals surface area contributed by atoms with Crippen LogP contribution in [-0.2, 0) is 4.79 Å². The average molecular weight is 290 g/mol. The molecule has 4 rings (SSSR count). The second-order valence-electron chi connectivity index (χ2n) is 8.89. The van der Waals surface area contributed by atoms with Crippen LogP contribution in [0, 0.1) is 40.9 Å². The Morgan fingerprint density at radius 3 is 2.71 bits per heavy atom. The minimum absolute atomic E-state index is 0.0376. The molecule has 0 saturated heterocycles. The Balaban J connectivity index is 1.64. The lowest BCUT2D eigenvalue weighted by atomic mass is 9.46. The summed E-state index contributed by atoms with van der Waals surface area (Å²) in [5.41, 5.74) is 0.406. The van der Waals surface area contributed by atoms with Crippen LogP contribution in [0.3, 0.4) is 0 Å². The van der Waals surface area contributed by atoms with E-state index in [1.807, 2.05) is 0 Å². The molecule has 4 fully saturated rings. The number of carbonyl (C=O) groups is 1. The lowest BCUT2D eigenvalue weighted by Gasteiger charge is -2.59. The molecule has 8 atom stereocenters. The molecule has 2 heteroatoms. The fraction of sp³-hybridized carbons (Fsp3) is 0.947. The van der Waals surface area contributed by atoms with Crippen LogP contribution in [0.15, 0.2) is 0 Å². The number of hydrogen-bond acceptors (Lipinski definition) is 2. The summed E-state index contributed by atoms with van der Waals surface area (Å²) in [4.78, 5) is 11.9. The second-order valence-corrected chi connectivity index (χ2v) is 8.89. The minimum Gasteiger partial charge on any atom is -0.393 e. The van der Waals surface area contributed by atoms with E-state index in [0.717, 1.165) is 43.4 Å². The molecule has 118 valence electrons. The maximum absolute atomic E-state index is 11.9. The number of rotatable bonds is 0. The Morgan fingerprint density at radius 2 is 1.90 bits per heavy atom. The van der Waals surface area contributed by atoms with Gasteiger partial charge in [-0.05, 0) is 79.4 Å². The van der Waals surface area contributed by atoms with E-state index >= 15 is 0 Å². The third-order valence-electron chi connectivity index (χ3n) is 8.13. The van der Waals surface area contributed by atoms with Gasteiger partial charge in [-0.2, -0.15) is 0 Å². The highest BCUT2D eigenvalue weighted by Crippen LogP contribution is 2.63. The van der Waals surface area contributed by atoms with Crippen molar-refractivity contribution in [2.75, 3.05) is 0 Å². The molecule has 0 radical (unpaired) electrons. The molecule has 0 heterocycles. The second kappa shape index (κ2) is 4.81. The van der Waals surface area contributed by atoms with Gasteiger partial charge in [0.1, 0.15) is 5.78 Å². The zero-order valence-electron chi connectivity index (χ0n) is 13.6. The molecule has 4 saturated carbocycles. The normalized spacial score (nSPS) is 56.5. The van der Waals surface area contributed by atoms with Crippen LogP contribution in [-0.4, -0.2) is 17.0 Å². The van der Waals surface area contributed by atoms with Gasteiger partial charge in [0, 0.05) is 12.8 Å². The smallest absolute Gasteiger partial charge is 0.133 e. The van der Waals surface area contributed by atoms with Gasteiger partial charge in [-0.25, -0.2) is 0 Å². The number of aliphatic hydroxyl groups is 1. The molecule has 0 unspecified atom stereocenters. The van der Waals surface area contributed by atoms with Gasteiger partial charge < -0.3 is 5.11 Å². The van der Waals surface area contributed by atoms with Crippen LogP contribution in [0.25, 0.3) is 0 Å². The quantitative estimate of drug-likeness (QED) is 0.736. The summed E-state index contributed by atoms with van der Waals surface area (Å²) < 4.78 is 0. The van der Waals surface area contributed by atoms with E-state index in [2.05, 4.69) is 13.8 Å². The van der Waals surface area contributed by atoms with E-state index in [1.165, 1.54) is 25.7 Å². The minimum atomic E-state index is -0.0376. The molecule has 0 aromatic carbocycles. The first-order valence-electron chi connectivity index (χ1n) is 9.20. The molecule has 2 nitrogen and oxygen atoms in total. The number of carbonyl (C=O) groups excluding carboxylic acids is 1. The highest BCUT2D eigenvalue weighted by atomic mass is 16.3. The van der Waals surface area contributed by atoms with E-state index in [-0.39, 0.29) is 6.10 Å². The molecule has 0 aromatic heterocycles. The third-order valence-corrected chi connectivity index (χ3v) is 8.13. The van der Waals surface area contributed by atoms with Gasteiger partial charge in [0.2, 0.25) is 0 Å². The van der Waals surface area contributed by atoms with Crippen molar-refractivity contribution in [1.82, 2.24) is 0 Å². The highest BCUT2D eigenvalue weighted by molar-refractivity contribution is 5.79. The summed E-state index contributed by atoms with van der Waals surface area (Å²) in [6, 6.07) is 0. The standard InChI is InChI=1S/C19H30O2/c1-11-9-16-14(15-5-6-17(21)18(11)15)4-3-12-10-13(20)7-8-19(12,16)2/h11-12,14-18,21H,3-10H2,1-2H3/t11-,12-,14+,15+,16+,17+,18+,19+/m1/s1. The summed E-state index contributed by atoms with van der Waals surface area (Å²) in [7, 11) is 0. The summed E-state index contributed by atoms with van der Waals surface area (Å²) in [6.45, 7) is 4.88. The van der Waals surface area contributed by atoms with Crippen LogP contribution in [0.1, 0.15) is 65.2 Å². The van der Waals surface area contributed by atoms with Gasteiger partial charge in [-0.1, -0.05) is 13.8 Å². The van der Waals surface area contributed by atoms with Gasteiger partial charge in [-0.3, -0.25) is 4.79 Å². The molecule has 0 aromatic rings. The van der Waals surface area contributed by atoms with Gasteiger partial charge >= 0.3 is 0 Å². The molecule has 0 amide bonds. The number of ketones is 1. The third kappa shape index (κ3) is 1.97. The van der Waals surface area contributed by atoms with E-state index in [0.29, 0.717) is 29.0 Å². The zero-order chi connectivity index (χ0) is 14.8. The number of aliphatic hydroxyl groups excluding tert-OH is 1. The first kappa shape index (κ1) is 14.2. The van der Waals surface area contributed by atoms with Crippen molar-refractivity contribution in [2.45, 2.75) is 71.3 Å². The first-order chi connectivity index (χ1) is 10.0. The SMILES string of the molecule is C[C@@H]1C[C@H]2[C@@H](CC[C@@H]3CC(=O)CC[C@@]32C)[C@@H]2CC[C@H](O)[C@H]21. The van der Waals surface area contributed by atoms with Crippen LogP contribution in [0.2, 0.25) is 0 Å². The van der Waals surface area contributed by atoms with Crippen molar-refractivity contribution in [2.24, 2.45) is 40.9 Å². The number of fused-ring (bicyclic) bond motifs is 5. The van der Waals surface area contributed by atoms with Gasteiger partial charge in [-0.15, -0.1) is 0 Å². The molecule has 4 aliphatic carbocycles. The molecule has 21 heavy (non-hydrogen) atoms. The maximum atomic E-state index is 11.9. The Labute approximate surface area is 128 Å². The fourth-order valence-electron chi connectivity index (χ4n) is 7.08. The maximum Gasteiger partial charge on any atom is 0.133 e. The molecule has 1 N–H and O–H groups in total. The highest BCUT2D eigenvalue weighted by Gasteiger charge is 2.57. The molecule has 0 bridgehead atoms. The Morgan fingerprint density at radius 1 is 1.14 bits per heavy atom. The number of Topliss-reactive ketones (excluding diaryl/α,β-unsaturated/α-hetero) is 1. The lowest BCUT2D eigenvalue weighted by Crippen LogP contribution is -2.53. The van der Waals surface area contributed by atoms with Crippen molar-refractivity contribution in [1.29, 1.82) is 0 Å². The molecule has 0 aliphatic heterocycles. The molecule has 4 aliphatic rings. The predicted molar refractivity (Wildman–Crippen MR) is 82.7 cm³/mol. The molecular weight excluding hydrogens is 260 g/mol. The zero-order valence-corrected chi connectivity index (χ0v) is 13.6. The van der Waals surface area contributed by atoms with Gasteiger partial charge in [0.25, 0.3) is 0 Å². The van der Waals surface area contributed by atoms with E-state index < -0.39 is 0 Å². The van der Waals surface area contributed by atoms with Crippen LogP contribution in [0.5, 0.6) is 0 Å². The van der Waals surface area contributed by atoms with Crippen molar-refractivity contribution < 1.29 is 9.90 Å². The Kier molecular flexibility index (Phi) is 3.26. The summed E-state index contributed by atoms with van der Waals surface area (Å²) in [5, 5.41) is 10.4. The summed E-state index contributed by atoms with van der Waals surface area (Å²) in [5.74, 6) is 4.80. The summed E-state index contributed by atoms with van der Waals surface area (Å²) in [6.07, 6.45) is 8.92. The lowest BCUT2D eigenvalue weighted by molar-refractivity contribution is -0.139. The fourth-order valence-corrected chi connectivity index (χ4v) is 7.08. The van der Waals surface area contributed by atoms with Crippen molar-refractivity contribution in [3.05, 3.63) is 0 Å². The monoisotopic (exact) mass is 290 g/mol. The van der Waals surface area contributed by atoms with E-state index in [9.17, 15) is 9.90 Å². The van der Waals surface area contributed by atoms with E-state index in [4.69, 9.17) is 0 Å². The topological polar surface area (TPSA) is 37.3 Å². The summed E-state index contributed by atoms with van der Waals surface area (Å²) >= 11 is 0. The average Bonchev–Trinajstić information content (AvgIpc) is 2.84. The van der Waals surface area contributed by atoms with Crippen LogP contribution in [0.4, 0.5) is 0 Å². The Bertz CT molecular complexity index is 445.